The third-order valence-corrected chi connectivity index (χ3v) is 5.89. The predicted octanol–water partition coefficient (Wildman–Crippen LogP) is 1.99. The number of aromatic nitrogens is 2. The average molecular weight is 320 g/mol. The van der Waals surface area contributed by atoms with Crippen molar-refractivity contribution >= 4 is 0 Å². The van der Waals surface area contributed by atoms with E-state index in [9.17, 15) is 5.11 Å². The number of hydrogen-bond donors (Lipinski definition) is 2. The largest absolute Gasteiger partial charge is 0.396 e. The van der Waals surface area contributed by atoms with Gasteiger partial charge in [0.2, 0.25) is 0 Å². The summed E-state index contributed by atoms with van der Waals surface area (Å²) in [6.07, 6.45) is 3.48. The Bertz CT molecular complexity index is 535. The predicted molar refractivity (Wildman–Crippen MR) is 92.4 cm³/mol. The van der Waals surface area contributed by atoms with Crippen LogP contribution in [0.4, 0.5) is 0 Å². The molecular formula is C18H32N4O. The molecule has 23 heavy (non-hydrogen) atoms. The number of aliphatic hydroxyl groups is 1. The van der Waals surface area contributed by atoms with Crippen LogP contribution in [0, 0.1) is 5.41 Å². The number of H-pyrrole nitrogens is 1. The molecular weight excluding hydrogens is 288 g/mol. The lowest BCUT2D eigenvalue weighted by atomic mass is 9.69. The minimum atomic E-state index is 0.0896. The van der Waals surface area contributed by atoms with Gasteiger partial charge in [-0.15, -0.1) is 0 Å². The lowest BCUT2D eigenvalue weighted by molar-refractivity contribution is -0.0686. The van der Waals surface area contributed by atoms with Gasteiger partial charge >= 0.3 is 0 Å². The van der Waals surface area contributed by atoms with Gasteiger partial charge in [0.05, 0.1) is 12.3 Å². The van der Waals surface area contributed by atoms with Gasteiger partial charge in [-0.1, -0.05) is 20.8 Å². The lowest BCUT2D eigenvalue weighted by Gasteiger charge is -2.53. The zero-order chi connectivity index (χ0) is 16.7. The van der Waals surface area contributed by atoms with E-state index in [-0.39, 0.29) is 10.8 Å². The molecule has 130 valence electrons. The molecule has 1 aromatic heterocycles. The summed E-state index contributed by atoms with van der Waals surface area (Å²) in [7, 11) is 2.21. The van der Waals surface area contributed by atoms with E-state index in [4.69, 9.17) is 0 Å². The monoisotopic (exact) mass is 320 g/mol. The van der Waals surface area contributed by atoms with E-state index in [0.29, 0.717) is 12.6 Å². The zero-order valence-electron chi connectivity index (χ0n) is 15.1. The Morgan fingerprint density at radius 1 is 1.35 bits per heavy atom. The molecule has 3 heterocycles. The summed E-state index contributed by atoms with van der Waals surface area (Å²) in [6, 6.07) is 2.68. The number of aliphatic hydroxyl groups excluding tert-OH is 1. The van der Waals surface area contributed by atoms with Gasteiger partial charge in [-0.25, -0.2) is 0 Å². The Morgan fingerprint density at radius 2 is 2.13 bits per heavy atom. The number of hydrogen-bond acceptors (Lipinski definition) is 4. The first-order valence-electron chi connectivity index (χ1n) is 8.92. The molecule has 3 rings (SSSR count). The normalized spacial score (nSPS) is 30.4. The SMILES string of the molecule is CN1CCC[C@]2(CO)CCN(Cc3cc(C(C)(C)C)n[nH]3)C[C@@H]12. The first-order chi connectivity index (χ1) is 10.8. The summed E-state index contributed by atoms with van der Waals surface area (Å²) < 4.78 is 0. The average Bonchev–Trinajstić information content (AvgIpc) is 2.97. The van der Waals surface area contributed by atoms with Crippen LogP contribution in [0.1, 0.15) is 51.4 Å². The van der Waals surface area contributed by atoms with E-state index in [1.807, 2.05) is 0 Å². The first kappa shape index (κ1) is 16.9. The van der Waals surface area contributed by atoms with Crippen LogP contribution in [-0.2, 0) is 12.0 Å². The van der Waals surface area contributed by atoms with Gasteiger partial charge in [0.15, 0.2) is 0 Å². The maximum absolute atomic E-state index is 10.0. The Morgan fingerprint density at radius 3 is 2.78 bits per heavy atom. The Kier molecular flexibility index (Phi) is 4.55. The minimum absolute atomic E-state index is 0.0896. The summed E-state index contributed by atoms with van der Waals surface area (Å²) in [6.45, 7) is 11.1. The smallest absolute Gasteiger partial charge is 0.0678 e. The molecule has 5 heteroatoms. The van der Waals surface area contributed by atoms with Crippen molar-refractivity contribution in [2.45, 2.75) is 58.0 Å². The standard InChI is InChI=1S/C18H32N4O/c1-17(2,3)15-10-14(19-20-15)11-22-9-7-18(13-23)6-5-8-21(4)16(18)12-22/h10,16,23H,5-9,11-13H2,1-4H3,(H,19,20)/t16-,18-/m1/s1. The van der Waals surface area contributed by atoms with Crippen molar-refractivity contribution in [1.29, 1.82) is 0 Å². The van der Waals surface area contributed by atoms with Crippen molar-refractivity contribution in [2.24, 2.45) is 5.41 Å². The zero-order valence-corrected chi connectivity index (χ0v) is 15.1. The molecule has 0 aromatic carbocycles. The third-order valence-electron chi connectivity index (χ3n) is 5.89. The highest BCUT2D eigenvalue weighted by atomic mass is 16.3. The van der Waals surface area contributed by atoms with E-state index in [1.54, 1.807) is 0 Å². The van der Waals surface area contributed by atoms with Crippen molar-refractivity contribution in [2.75, 3.05) is 33.3 Å². The maximum Gasteiger partial charge on any atom is 0.0678 e. The second-order valence-corrected chi connectivity index (χ2v) is 8.63. The molecule has 0 bridgehead atoms. The van der Waals surface area contributed by atoms with Crippen molar-refractivity contribution in [1.82, 2.24) is 20.0 Å². The summed E-state index contributed by atoms with van der Waals surface area (Å²) in [5.41, 5.74) is 2.54. The first-order valence-corrected chi connectivity index (χ1v) is 8.92. The van der Waals surface area contributed by atoms with Crippen LogP contribution >= 0.6 is 0 Å². The molecule has 2 saturated heterocycles. The van der Waals surface area contributed by atoms with Gasteiger partial charge < -0.3 is 10.0 Å². The minimum Gasteiger partial charge on any atom is -0.396 e. The van der Waals surface area contributed by atoms with Gasteiger partial charge in [0.1, 0.15) is 0 Å². The summed E-state index contributed by atoms with van der Waals surface area (Å²) in [4.78, 5) is 4.97. The molecule has 0 aliphatic carbocycles. The molecule has 1 aromatic rings. The number of rotatable bonds is 3. The third kappa shape index (κ3) is 3.32. The van der Waals surface area contributed by atoms with Crippen molar-refractivity contribution in [3.63, 3.8) is 0 Å². The number of likely N-dealkylation sites (tertiary alicyclic amines) is 2. The molecule has 0 unspecified atom stereocenters. The fourth-order valence-corrected chi connectivity index (χ4v) is 4.29. The molecule has 0 amide bonds. The topological polar surface area (TPSA) is 55.4 Å². The maximum atomic E-state index is 10.0. The molecule has 2 fully saturated rings. The van der Waals surface area contributed by atoms with E-state index >= 15 is 0 Å². The van der Waals surface area contributed by atoms with Gasteiger partial charge in [0, 0.05) is 35.7 Å². The van der Waals surface area contributed by atoms with Crippen LogP contribution in [0.25, 0.3) is 0 Å². The van der Waals surface area contributed by atoms with Crippen molar-refractivity contribution in [3.8, 4) is 0 Å². The molecule has 2 aliphatic heterocycles. The summed E-state index contributed by atoms with van der Waals surface area (Å²) in [5, 5.41) is 17.7. The van der Waals surface area contributed by atoms with Crippen molar-refractivity contribution < 1.29 is 5.11 Å². The highest BCUT2D eigenvalue weighted by molar-refractivity contribution is 5.16. The van der Waals surface area contributed by atoms with E-state index in [2.05, 4.69) is 53.9 Å². The lowest BCUT2D eigenvalue weighted by Crippen LogP contribution is -2.61. The second-order valence-electron chi connectivity index (χ2n) is 8.63. The van der Waals surface area contributed by atoms with Crippen LogP contribution < -0.4 is 0 Å². The van der Waals surface area contributed by atoms with Crippen LogP contribution in [0.3, 0.4) is 0 Å². The Hall–Kier alpha value is -0.910. The highest BCUT2D eigenvalue weighted by Gasteiger charge is 2.46. The number of nitrogens with one attached hydrogen (secondary N) is 1. The number of piperidine rings is 2. The fraction of sp³-hybridized carbons (Fsp3) is 0.833. The van der Waals surface area contributed by atoms with E-state index < -0.39 is 0 Å². The molecule has 0 spiro atoms. The fourth-order valence-electron chi connectivity index (χ4n) is 4.29. The van der Waals surface area contributed by atoms with Crippen molar-refractivity contribution in [3.05, 3.63) is 17.5 Å². The molecule has 2 N–H and O–H groups in total. The van der Waals surface area contributed by atoms with E-state index in [0.717, 1.165) is 38.3 Å². The number of nitrogens with zero attached hydrogens (tertiary/aromatic N) is 3. The van der Waals surface area contributed by atoms with Crippen LogP contribution in [0.2, 0.25) is 0 Å². The van der Waals surface area contributed by atoms with Crippen LogP contribution in [0.5, 0.6) is 0 Å². The highest BCUT2D eigenvalue weighted by Crippen LogP contribution is 2.41. The number of aromatic amines is 1. The Labute approximate surface area is 140 Å². The number of likely N-dealkylation sites (N-methyl/N-ethyl adjacent to an activating group) is 1. The Balaban J connectivity index is 1.68. The van der Waals surface area contributed by atoms with Gasteiger partial charge in [-0.05, 0) is 45.5 Å². The molecule has 0 radical (unpaired) electrons. The van der Waals surface area contributed by atoms with Gasteiger partial charge in [-0.2, -0.15) is 5.10 Å². The van der Waals surface area contributed by atoms with Gasteiger partial charge in [-0.3, -0.25) is 10.00 Å². The summed E-state index contributed by atoms with van der Waals surface area (Å²) in [5.74, 6) is 0. The number of fused-ring (bicyclic) bond motifs is 1. The molecule has 2 atom stereocenters. The van der Waals surface area contributed by atoms with Gasteiger partial charge in [0.25, 0.3) is 0 Å². The quantitative estimate of drug-likeness (QED) is 0.894. The molecule has 2 aliphatic rings. The van der Waals surface area contributed by atoms with Crippen LogP contribution in [0.15, 0.2) is 6.07 Å². The summed E-state index contributed by atoms with van der Waals surface area (Å²) >= 11 is 0. The second kappa shape index (κ2) is 6.19. The van der Waals surface area contributed by atoms with E-state index in [1.165, 1.54) is 18.5 Å². The molecule has 5 nitrogen and oxygen atoms in total. The van der Waals surface area contributed by atoms with Crippen LogP contribution in [-0.4, -0.2) is 64.4 Å². The molecule has 0 saturated carbocycles.